The molecule has 0 fully saturated rings. The van der Waals surface area contributed by atoms with E-state index < -0.39 is 15.9 Å². The maximum atomic E-state index is 10.2. The summed E-state index contributed by atoms with van der Waals surface area (Å²) in [7, 11) is -4.13. The van der Waals surface area contributed by atoms with Gasteiger partial charge in [-0.1, -0.05) is 30.3 Å². The Morgan fingerprint density at radius 3 is 2.00 bits per heavy atom. The zero-order valence-electron chi connectivity index (χ0n) is 6.49. The van der Waals surface area contributed by atoms with E-state index in [0.717, 1.165) is 0 Å². The van der Waals surface area contributed by atoms with E-state index in [2.05, 4.69) is 0 Å². The normalized spacial score (nSPS) is 9.92. The van der Waals surface area contributed by atoms with E-state index in [1.54, 1.807) is 30.3 Å². The van der Waals surface area contributed by atoms with Crippen LogP contribution in [-0.4, -0.2) is 13.0 Å². The Bertz CT molecular complexity index is 335. The summed E-state index contributed by atoms with van der Waals surface area (Å²) < 4.78 is 38.7. The van der Waals surface area contributed by atoms with Crippen molar-refractivity contribution in [3.8, 4) is 0 Å². The molecule has 1 aromatic rings. The van der Waals surface area contributed by atoms with E-state index in [0.29, 0.717) is 5.56 Å². The molecule has 0 spiro atoms. The number of benzene rings is 1. The van der Waals surface area contributed by atoms with Gasteiger partial charge in [0.1, 0.15) is 0 Å². The molecule has 0 N–H and O–H groups in total. The second-order valence-corrected chi connectivity index (χ2v) is 3.59. The van der Waals surface area contributed by atoms with Crippen molar-refractivity contribution >= 4 is 10.1 Å². The molecule has 0 heterocycles. The predicted octanol–water partition coefficient (Wildman–Crippen LogP) is 0.611. The third kappa shape index (κ3) is 6.60. The first-order valence-corrected chi connectivity index (χ1v) is 5.23. The van der Waals surface area contributed by atoms with Gasteiger partial charge < -0.3 is 4.55 Å². The fourth-order valence-electron chi connectivity index (χ4n) is 0.778. The minimum absolute atomic E-state index is 0.423. The summed E-state index contributed by atoms with van der Waals surface area (Å²) >= 11 is 2.00. The number of hydrogen-bond acceptors (Lipinski definition) is 4. The molecule has 1 rings (SSSR count). The van der Waals surface area contributed by atoms with Crippen LogP contribution in [0.1, 0.15) is 5.56 Å². The van der Waals surface area contributed by atoms with Crippen LogP contribution in [0.25, 0.3) is 0 Å². The molecule has 0 saturated heterocycles. The van der Waals surface area contributed by atoms with Gasteiger partial charge in [0.05, 0.1) is 15.9 Å². The SMILES string of the molecule is O=S(=O)([O-])Cc1ccccc1.[O]=[Fe+]. The van der Waals surface area contributed by atoms with Gasteiger partial charge in [-0.3, -0.25) is 0 Å². The summed E-state index contributed by atoms with van der Waals surface area (Å²) in [5.41, 5.74) is 0.530. The molecule has 0 radical (unpaired) electrons. The summed E-state index contributed by atoms with van der Waals surface area (Å²) in [6, 6.07) is 8.37. The molecule has 73 valence electrons. The monoisotopic (exact) mass is 243 g/mol. The molecule has 0 bridgehead atoms. The minimum atomic E-state index is -4.13. The van der Waals surface area contributed by atoms with Crippen molar-refractivity contribution < 1.29 is 32.7 Å². The van der Waals surface area contributed by atoms with Gasteiger partial charge in [-0.25, -0.2) is 8.42 Å². The van der Waals surface area contributed by atoms with Gasteiger partial charge in [-0.05, 0) is 5.56 Å². The summed E-state index contributed by atoms with van der Waals surface area (Å²) in [6.45, 7) is 0. The van der Waals surface area contributed by atoms with Crippen LogP contribution >= 0.6 is 0 Å². The van der Waals surface area contributed by atoms with Gasteiger partial charge in [-0.15, -0.1) is 0 Å². The average Bonchev–Trinajstić information content (AvgIpc) is 2.07. The summed E-state index contributed by atoms with van der Waals surface area (Å²) in [5.74, 6) is -0.423. The summed E-state index contributed by atoms with van der Waals surface area (Å²) in [4.78, 5) is 0. The molecule has 0 aliphatic carbocycles. The van der Waals surface area contributed by atoms with Crippen LogP contribution in [0.5, 0.6) is 0 Å². The van der Waals surface area contributed by atoms with Crippen molar-refractivity contribution in [2.24, 2.45) is 0 Å². The summed E-state index contributed by atoms with van der Waals surface area (Å²) in [6.07, 6.45) is 0. The van der Waals surface area contributed by atoms with Gasteiger partial charge in [-0.2, -0.15) is 0 Å². The van der Waals surface area contributed by atoms with Gasteiger partial charge >= 0.3 is 19.8 Å². The van der Waals surface area contributed by atoms with Crippen molar-refractivity contribution in [1.29, 1.82) is 0 Å². The van der Waals surface area contributed by atoms with Crippen LogP contribution < -0.4 is 0 Å². The number of hydrogen-bond donors (Lipinski definition) is 0. The first kappa shape index (κ1) is 12.4. The quantitative estimate of drug-likeness (QED) is 0.563. The van der Waals surface area contributed by atoms with Crippen LogP contribution in [0.2, 0.25) is 0 Å². The zero-order chi connectivity index (χ0) is 10.3. The van der Waals surface area contributed by atoms with Crippen molar-refractivity contribution in [3.63, 3.8) is 0 Å². The third-order valence-corrected chi connectivity index (χ3v) is 1.87. The first-order valence-electron chi connectivity index (χ1n) is 3.20. The van der Waals surface area contributed by atoms with Gasteiger partial charge in [0.25, 0.3) is 0 Å². The van der Waals surface area contributed by atoms with E-state index in [1.165, 1.54) is 0 Å². The molecule has 0 aliphatic rings. The second kappa shape index (κ2) is 5.99. The molecular weight excluding hydrogens is 236 g/mol. The zero-order valence-corrected chi connectivity index (χ0v) is 8.41. The maximum absolute atomic E-state index is 10.2. The van der Waals surface area contributed by atoms with Crippen molar-refractivity contribution in [2.75, 3.05) is 0 Å². The Kier molecular flexibility index (Phi) is 5.73. The first-order chi connectivity index (χ1) is 6.08. The van der Waals surface area contributed by atoms with E-state index in [4.69, 9.17) is 3.83 Å². The molecule has 13 heavy (non-hydrogen) atoms. The molecule has 0 aromatic heterocycles. The standard InChI is InChI=1S/C7H8O3S.Fe.O/c8-11(9,10)6-7-4-2-1-3-5-7;;/h1-5H,6H2,(H,8,9,10);;/q;+1;/p-1. The fourth-order valence-corrected chi connectivity index (χ4v) is 1.38. The molecule has 0 amide bonds. The fraction of sp³-hybridized carbons (Fsp3) is 0.143. The number of rotatable bonds is 2. The molecule has 4 nitrogen and oxygen atoms in total. The van der Waals surface area contributed by atoms with Crippen molar-refractivity contribution in [2.45, 2.75) is 5.75 Å². The Balaban J connectivity index is 0.000000671. The molecule has 0 atom stereocenters. The van der Waals surface area contributed by atoms with E-state index in [1.807, 2.05) is 15.9 Å². The molecular formula is C7H7FeO4S. The van der Waals surface area contributed by atoms with Crippen molar-refractivity contribution in [1.82, 2.24) is 0 Å². The molecule has 0 aliphatic heterocycles. The molecule has 6 heteroatoms. The Hall–Kier alpha value is -0.551. The molecule has 0 unspecified atom stereocenters. The topological polar surface area (TPSA) is 74.3 Å². The van der Waals surface area contributed by atoms with Crippen LogP contribution in [0.3, 0.4) is 0 Å². The van der Waals surface area contributed by atoms with Crippen LogP contribution in [0, 0.1) is 0 Å². The predicted molar refractivity (Wildman–Crippen MR) is 40.5 cm³/mol. The van der Waals surface area contributed by atoms with E-state index in [9.17, 15) is 13.0 Å². The van der Waals surface area contributed by atoms with Gasteiger partial charge in [0.2, 0.25) is 0 Å². The van der Waals surface area contributed by atoms with Crippen molar-refractivity contribution in [3.05, 3.63) is 35.9 Å². The van der Waals surface area contributed by atoms with E-state index >= 15 is 0 Å². The van der Waals surface area contributed by atoms with Crippen LogP contribution in [0.4, 0.5) is 0 Å². The Labute approximate surface area is 84.7 Å². The summed E-state index contributed by atoms with van der Waals surface area (Å²) in [5, 5.41) is 0. The van der Waals surface area contributed by atoms with E-state index in [-0.39, 0.29) is 0 Å². The second-order valence-electron chi connectivity index (χ2n) is 2.19. The Morgan fingerprint density at radius 1 is 1.15 bits per heavy atom. The van der Waals surface area contributed by atoms with Gasteiger partial charge in [0, 0.05) is 0 Å². The Morgan fingerprint density at radius 2 is 1.62 bits per heavy atom. The van der Waals surface area contributed by atoms with Crippen LogP contribution in [0.15, 0.2) is 30.3 Å². The van der Waals surface area contributed by atoms with Crippen LogP contribution in [-0.2, 0) is 35.7 Å². The molecule has 1 aromatic carbocycles. The third-order valence-electron chi connectivity index (χ3n) is 1.19. The molecule has 0 saturated carbocycles. The van der Waals surface area contributed by atoms with Gasteiger partial charge in [0.15, 0.2) is 0 Å². The average molecular weight is 243 g/mol.